The fraction of sp³-hybridized carbons (Fsp3) is 0.394. The minimum absolute atomic E-state index is 0.0102. The third-order valence-corrected chi connectivity index (χ3v) is 6.88. The van der Waals surface area contributed by atoms with E-state index in [1.54, 1.807) is 0 Å². The lowest BCUT2D eigenvalue weighted by molar-refractivity contribution is 0.0441. The monoisotopic (exact) mass is 544 g/mol. The van der Waals surface area contributed by atoms with Crippen LogP contribution in [0.1, 0.15) is 69.2 Å². The van der Waals surface area contributed by atoms with Crippen LogP contribution in [-0.2, 0) is 14.2 Å². The summed E-state index contributed by atoms with van der Waals surface area (Å²) in [6.45, 7) is 8.45. The first-order valence-corrected chi connectivity index (χ1v) is 14.0. The molecule has 3 aromatic carbocycles. The summed E-state index contributed by atoms with van der Waals surface area (Å²) in [6.07, 6.45) is 0.163. The number of fused-ring (bicyclic) bond motifs is 3. The Hall–Kier alpha value is -3.84. The van der Waals surface area contributed by atoms with Gasteiger partial charge in [-0.25, -0.2) is 9.59 Å². The molecule has 2 atom stereocenters. The largest absolute Gasteiger partial charge is 0.449 e. The second-order valence-electron chi connectivity index (χ2n) is 11.1. The van der Waals surface area contributed by atoms with Crippen molar-refractivity contribution in [3.8, 4) is 11.1 Å². The van der Waals surface area contributed by atoms with Gasteiger partial charge in [-0.05, 0) is 68.4 Å². The number of hydrogen-bond acceptors (Lipinski definition) is 5. The predicted molar refractivity (Wildman–Crippen MR) is 156 cm³/mol. The summed E-state index contributed by atoms with van der Waals surface area (Å²) in [5, 5.41) is 5.77. The Bertz CT molecular complexity index is 1230. The Morgan fingerprint density at radius 1 is 0.850 bits per heavy atom. The smallest absolute Gasteiger partial charge is 0.407 e. The zero-order valence-corrected chi connectivity index (χ0v) is 23.8. The lowest BCUT2D eigenvalue weighted by Crippen LogP contribution is -2.40. The van der Waals surface area contributed by atoms with Crippen LogP contribution in [0.3, 0.4) is 0 Å². The van der Waals surface area contributed by atoms with Gasteiger partial charge < -0.3 is 24.8 Å². The lowest BCUT2D eigenvalue weighted by atomic mass is 9.98. The first-order valence-electron chi connectivity index (χ1n) is 14.0. The van der Waals surface area contributed by atoms with Gasteiger partial charge >= 0.3 is 12.2 Å². The van der Waals surface area contributed by atoms with E-state index in [4.69, 9.17) is 14.2 Å². The summed E-state index contributed by atoms with van der Waals surface area (Å²) in [6, 6.07) is 26.2. The van der Waals surface area contributed by atoms with Crippen LogP contribution >= 0.6 is 0 Å². The van der Waals surface area contributed by atoms with Gasteiger partial charge in [0.1, 0.15) is 12.2 Å². The van der Waals surface area contributed by atoms with E-state index in [0.29, 0.717) is 26.0 Å². The molecule has 0 spiro atoms. The third-order valence-electron chi connectivity index (χ3n) is 6.88. The van der Waals surface area contributed by atoms with Gasteiger partial charge in [0.2, 0.25) is 0 Å². The van der Waals surface area contributed by atoms with E-state index in [1.807, 2.05) is 82.3 Å². The minimum Gasteiger partial charge on any atom is -0.449 e. The topological polar surface area (TPSA) is 85.9 Å². The van der Waals surface area contributed by atoms with Crippen molar-refractivity contribution >= 4 is 12.2 Å². The number of rotatable bonds is 11. The van der Waals surface area contributed by atoms with Crippen molar-refractivity contribution < 1.29 is 23.8 Å². The minimum atomic E-state index is -0.556. The molecule has 212 valence electrons. The molecule has 3 aromatic rings. The summed E-state index contributed by atoms with van der Waals surface area (Å²) in [7, 11) is 0. The highest BCUT2D eigenvalue weighted by molar-refractivity contribution is 5.79. The highest BCUT2D eigenvalue weighted by atomic mass is 16.6. The molecule has 0 aromatic heterocycles. The van der Waals surface area contributed by atoms with Gasteiger partial charge in [0, 0.05) is 12.5 Å². The second kappa shape index (κ2) is 13.5. The summed E-state index contributed by atoms with van der Waals surface area (Å²) in [5.41, 5.74) is 5.22. The van der Waals surface area contributed by atoms with E-state index >= 15 is 0 Å². The molecule has 0 bridgehead atoms. The highest BCUT2D eigenvalue weighted by Gasteiger charge is 2.29. The van der Waals surface area contributed by atoms with E-state index in [2.05, 4.69) is 34.9 Å². The van der Waals surface area contributed by atoms with Crippen molar-refractivity contribution in [1.82, 2.24) is 10.6 Å². The molecule has 1 unspecified atom stereocenters. The average Bonchev–Trinajstić information content (AvgIpc) is 3.25. The van der Waals surface area contributed by atoms with Gasteiger partial charge in [0.05, 0.1) is 18.8 Å². The number of carbonyl (C=O) groups is 2. The number of nitrogens with one attached hydrogen (secondary N) is 2. The highest BCUT2D eigenvalue weighted by Crippen LogP contribution is 2.44. The molecule has 7 heteroatoms. The van der Waals surface area contributed by atoms with Gasteiger partial charge in [-0.1, -0.05) is 78.9 Å². The third kappa shape index (κ3) is 8.09. The Kier molecular flexibility index (Phi) is 9.83. The predicted octanol–water partition coefficient (Wildman–Crippen LogP) is 6.98. The maximum absolute atomic E-state index is 13.0. The molecule has 1 aliphatic carbocycles. The molecule has 0 saturated carbocycles. The van der Waals surface area contributed by atoms with Crippen LogP contribution in [0.25, 0.3) is 11.1 Å². The molecule has 4 rings (SSSR count). The lowest BCUT2D eigenvalue weighted by Gasteiger charge is -2.23. The van der Waals surface area contributed by atoms with Crippen molar-refractivity contribution in [2.75, 3.05) is 19.8 Å². The van der Waals surface area contributed by atoms with Crippen LogP contribution in [0.2, 0.25) is 0 Å². The van der Waals surface area contributed by atoms with Crippen LogP contribution in [0.15, 0.2) is 78.9 Å². The zero-order chi connectivity index (χ0) is 28.5. The van der Waals surface area contributed by atoms with E-state index in [-0.39, 0.29) is 24.7 Å². The number of hydrogen-bond donors (Lipinski definition) is 2. The SMILES string of the molecule is C[C@H](OCC(CCCNC(=O)OC(C)(C)C)NC(=O)OCC1c2ccccc2-c2ccccc21)c1ccccc1. The van der Waals surface area contributed by atoms with Crippen LogP contribution in [-0.4, -0.2) is 43.6 Å². The van der Waals surface area contributed by atoms with Gasteiger partial charge in [-0.2, -0.15) is 0 Å². The molecule has 0 aliphatic heterocycles. The molecule has 2 N–H and O–H groups in total. The normalized spacial score (nSPS) is 14.0. The number of carbonyl (C=O) groups excluding carboxylic acids is 2. The Morgan fingerprint density at radius 3 is 2.08 bits per heavy atom. The first-order chi connectivity index (χ1) is 19.2. The van der Waals surface area contributed by atoms with Gasteiger partial charge in [0.25, 0.3) is 0 Å². The van der Waals surface area contributed by atoms with Crippen LogP contribution in [0.5, 0.6) is 0 Å². The van der Waals surface area contributed by atoms with Crippen LogP contribution < -0.4 is 10.6 Å². The number of alkyl carbamates (subject to hydrolysis) is 2. The molecule has 7 nitrogen and oxygen atoms in total. The van der Waals surface area contributed by atoms with Gasteiger partial charge in [0.15, 0.2) is 0 Å². The van der Waals surface area contributed by atoms with E-state index in [9.17, 15) is 9.59 Å². The summed E-state index contributed by atoms with van der Waals surface area (Å²) < 4.78 is 17.2. The molecule has 0 fully saturated rings. The Labute approximate surface area is 237 Å². The van der Waals surface area contributed by atoms with Crippen molar-refractivity contribution in [3.63, 3.8) is 0 Å². The Balaban J connectivity index is 1.33. The summed E-state index contributed by atoms with van der Waals surface area (Å²) in [4.78, 5) is 25.0. The summed E-state index contributed by atoms with van der Waals surface area (Å²) >= 11 is 0. The fourth-order valence-electron chi connectivity index (χ4n) is 4.94. The molecule has 0 radical (unpaired) electrons. The molecule has 40 heavy (non-hydrogen) atoms. The fourth-order valence-corrected chi connectivity index (χ4v) is 4.94. The molecule has 0 heterocycles. The van der Waals surface area contributed by atoms with Gasteiger partial charge in [-0.15, -0.1) is 0 Å². The zero-order valence-electron chi connectivity index (χ0n) is 23.8. The van der Waals surface area contributed by atoms with E-state index < -0.39 is 17.8 Å². The van der Waals surface area contributed by atoms with Crippen LogP contribution in [0, 0.1) is 0 Å². The average molecular weight is 545 g/mol. The number of amides is 2. The maximum atomic E-state index is 13.0. The Morgan fingerprint density at radius 2 is 1.45 bits per heavy atom. The molecular formula is C33H40N2O5. The number of ether oxygens (including phenoxy) is 3. The van der Waals surface area contributed by atoms with Gasteiger partial charge in [-0.3, -0.25) is 0 Å². The van der Waals surface area contributed by atoms with Crippen molar-refractivity contribution in [2.45, 2.75) is 64.2 Å². The number of benzene rings is 3. The maximum Gasteiger partial charge on any atom is 0.407 e. The van der Waals surface area contributed by atoms with Crippen molar-refractivity contribution in [1.29, 1.82) is 0 Å². The molecule has 0 saturated heterocycles. The first kappa shape index (κ1) is 29.2. The van der Waals surface area contributed by atoms with E-state index in [0.717, 1.165) is 5.56 Å². The molecular weight excluding hydrogens is 504 g/mol. The van der Waals surface area contributed by atoms with E-state index in [1.165, 1.54) is 22.3 Å². The van der Waals surface area contributed by atoms with Crippen molar-refractivity contribution in [2.24, 2.45) is 0 Å². The summed E-state index contributed by atoms with van der Waals surface area (Å²) in [5.74, 6) is -0.0102. The quantitative estimate of drug-likeness (QED) is 0.255. The second-order valence-corrected chi connectivity index (χ2v) is 11.1. The van der Waals surface area contributed by atoms with Crippen LogP contribution in [0.4, 0.5) is 9.59 Å². The molecule has 1 aliphatic rings. The molecule has 2 amide bonds. The van der Waals surface area contributed by atoms with Crippen molar-refractivity contribution in [3.05, 3.63) is 95.6 Å². The standard InChI is InChI=1S/C33H40N2O5/c1-23(24-13-6-5-7-14-24)38-21-25(15-12-20-34-31(36)40-33(2,3)4)35-32(37)39-22-30-28-18-10-8-16-26(28)27-17-9-11-19-29(27)30/h5-11,13-14,16-19,23,25,30H,12,15,20-22H2,1-4H3,(H,34,36)(H,35,37)/t23-,25?/m0/s1.